The number of aromatic nitrogens is 4. The molecule has 0 aliphatic heterocycles. The lowest BCUT2D eigenvalue weighted by molar-refractivity contribution is 0.404. The number of fused-ring (bicyclic) bond motifs is 1. The van der Waals surface area contributed by atoms with Crippen LogP contribution in [0.25, 0.3) is 5.65 Å². The Morgan fingerprint density at radius 2 is 2.36 bits per heavy atom. The fourth-order valence-corrected chi connectivity index (χ4v) is 1.37. The van der Waals surface area contributed by atoms with E-state index < -0.39 is 0 Å². The van der Waals surface area contributed by atoms with Gasteiger partial charge in [-0.05, 0) is 6.26 Å². The number of hydrogen-bond donors (Lipinski definition) is 1. The van der Waals surface area contributed by atoms with E-state index in [-0.39, 0.29) is 6.01 Å². The van der Waals surface area contributed by atoms with Crippen LogP contribution < -0.4 is 0 Å². The number of aromatic hydroxyl groups is 1. The first-order valence-corrected chi connectivity index (χ1v) is 4.87. The summed E-state index contributed by atoms with van der Waals surface area (Å²) >= 11 is 1.29. The number of nitrogens with zero attached hydrogens (tertiary/aromatic N) is 5. The second-order valence-electron chi connectivity index (χ2n) is 2.42. The number of rotatable bonds is 1. The van der Waals surface area contributed by atoms with Crippen LogP contribution in [0.3, 0.4) is 0 Å². The molecule has 0 saturated carbocycles. The van der Waals surface area contributed by atoms with Crippen LogP contribution in [0.15, 0.2) is 11.4 Å². The summed E-state index contributed by atoms with van der Waals surface area (Å²) in [6, 6.07) is 1.67. The van der Waals surface area contributed by atoms with Crippen molar-refractivity contribution in [1.29, 1.82) is 5.26 Å². The van der Waals surface area contributed by atoms with Crippen molar-refractivity contribution in [3.63, 3.8) is 0 Å². The molecule has 7 heteroatoms. The van der Waals surface area contributed by atoms with Gasteiger partial charge < -0.3 is 5.11 Å². The van der Waals surface area contributed by atoms with Gasteiger partial charge in [0.25, 0.3) is 0 Å². The van der Waals surface area contributed by atoms with Gasteiger partial charge >= 0.3 is 6.01 Å². The van der Waals surface area contributed by atoms with Gasteiger partial charge in [0.05, 0.1) is 6.20 Å². The highest BCUT2D eigenvalue weighted by Crippen LogP contribution is 2.17. The van der Waals surface area contributed by atoms with E-state index in [9.17, 15) is 5.11 Å². The summed E-state index contributed by atoms with van der Waals surface area (Å²) in [6.07, 6.45) is 3.13. The van der Waals surface area contributed by atoms with Crippen molar-refractivity contribution < 1.29 is 5.11 Å². The van der Waals surface area contributed by atoms with Gasteiger partial charge in [-0.25, -0.2) is 4.98 Å². The van der Waals surface area contributed by atoms with E-state index in [0.29, 0.717) is 16.4 Å². The van der Waals surface area contributed by atoms with Crippen molar-refractivity contribution in [1.82, 2.24) is 19.6 Å². The molecule has 2 rings (SSSR count). The van der Waals surface area contributed by atoms with Crippen molar-refractivity contribution in [2.45, 2.75) is 5.16 Å². The van der Waals surface area contributed by atoms with E-state index in [1.807, 2.05) is 6.07 Å². The molecule has 6 nitrogen and oxygen atoms in total. The van der Waals surface area contributed by atoms with Gasteiger partial charge in [0.2, 0.25) is 0 Å². The summed E-state index contributed by atoms with van der Waals surface area (Å²) < 4.78 is 1.12. The lowest BCUT2D eigenvalue weighted by Gasteiger charge is -1.98. The SMILES string of the molecule is CSc1nc(O)n2ncc(C#N)c2n1. The van der Waals surface area contributed by atoms with Crippen LogP contribution in [0.5, 0.6) is 6.01 Å². The average Bonchev–Trinajstić information content (AvgIpc) is 2.61. The Labute approximate surface area is 83.2 Å². The lowest BCUT2D eigenvalue weighted by Crippen LogP contribution is -1.97. The van der Waals surface area contributed by atoms with E-state index in [1.54, 1.807) is 6.26 Å². The van der Waals surface area contributed by atoms with E-state index in [2.05, 4.69) is 15.1 Å². The predicted octanol–water partition coefficient (Wildman–Crippen LogP) is 0.423. The summed E-state index contributed by atoms with van der Waals surface area (Å²) in [7, 11) is 0. The smallest absolute Gasteiger partial charge is 0.319 e. The molecule has 2 heterocycles. The Bertz CT molecular complexity index is 529. The molecule has 2 aromatic rings. The van der Waals surface area contributed by atoms with Gasteiger partial charge in [0.1, 0.15) is 11.6 Å². The van der Waals surface area contributed by atoms with Gasteiger partial charge in [-0.3, -0.25) is 0 Å². The minimum Gasteiger partial charge on any atom is -0.479 e. The second-order valence-corrected chi connectivity index (χ2v) is 3.19. The van der Waals surface area contributed by atoms with Crippen LogP contribution in [-0.4, -0.2) is 30.9 Å². The molecule has 0 atom stereocenters. The highest BCUT2D eigenvalue weighted by atomic mass is 32.2. The molecule has 14 heavy (non-hydrogen) atoms. The summed E-state index contributed by atoms with van der Waals surface area (Å²) in [5.74, 6) is 0. The summed E-state index contributed by atoms with van der Waals surface area (Å²) in [4.78, 5) is 7.82. The molecule has 0 radical (unpaired) electrons. The zero-order chi connectivity index (χ0) is 10.1. The molecule has 2 aromatic heterocycles. The quantitative estimate of drug-likeness (QED) is 0.682. The number of hydrogen-bond acceptors (Lipinski definition) is 6. The summed E-state index contributed by atoms with van der Waals surface area (Å²) in [5, 5.41) is 22.3. The van der Waals surface area contributed by atoms with Gasteiger partial charge in [-0.1, -0.05) is 11.8 Å². The van der Waals surface area contributed by atoms with Crippen LogP contribution in [-0.2, 0) is 0 Å². The van der Waals surface area contributed by atoms with Gasteiger partial charge in [0, 0.05) is 0 Å². The molecule has 0 saturated heterocycles. The molecular weight excluding hydrogens is 202 g/mol. The minimum atomic E-state index is -0.263. The predicted molar refractivity (Wildman–Crippen MR) is 48.9 cm³/mol. The number of nitriles is 1. The fourth-order valence-electron chi connectivity index (χ4n) is 1.01. The zero-order valence-corrected chi connectivity index (χ0v) is 7.99. The van der Waals surface area contributed by atoms with Crippen molar-refractivity contribution in [2.24, 2.45) is 0 Å². The van der Waals surface area contributed by atoms with E-state index >= 15 is 0 Å². The molecule has 1 N–H and O–H groups in total. The van der Waals surface area contributed by atoms with E-state index in [1.165, 1.54) is 18.0 Å². The molecule has 0 unspecified atom stereocenters. The molecule has 0 aliphatic carbocycles. The summed E-state index contributed by atoms with van der Waals surface area (Å²) in [5.41, 5.74) is 0.641. The van der Waals surface area contributed by atoms with Crippen molar-refractivity contribution in [2.75, 3.05) is 6.26 Å². The molecule has 0 aromatic carbocycles. The molecule has 0 spiro atoms. The maximum atomic E-state index is 9.42. The Hall–Kier alpha value is -1.81. The van der Waals surface area contributed by atoms with Crippen LogP contribution in [0.1, 0.15) is 5.56 Å². The topological polar surface area (TPSA) is 87.1 Å². The van der Waals surface area contributed by atoms with Gasteiger partial charge in [0.15, 0.2) is 10.8 Å². The monoisotopic (exact) mass is 207 g/mol. The highest BCUT2D eigenvalue weighted by molar-refractivity contribution is 7.98. The van der Waals surface area contributed by atoms with Crippen LogP contribution in [0, 0.1) is 11.3 Å². The van der Waals surface area contributed by atoms with E-state index in [4.69, 9.17) is 5.26 Å². The molecule has 70 valence electrons. The minimum absolute atomic E-state index is 0.263. The van der Waals surface area contributed by atoms with Crippen LogP contribution >= 0.6 is 11.8 Å². The first-order chi connectivity index (χ1) is 6.76. The first kappa shape index (κ1) is 8.77. The van der Waals surface area contributed by atoms with E-state index in [0.717, 1.165) is 4.52 Å². The third kappa shape index (κ3) is 1.16. The highest BCUT2D eigenvalue weighted by Gasteiger charge is 2.10. The largest absolute Gasteiger partial charge is 0.479 e. The summed E-state index contributed by atoms with van der Waals surface area (Å²) in [6.45, 7) is 0. The third-order valence-corrected chi connectivity index (χ3v) is 2.18. The molecule has 0 bridgehead atoms. The maximum Gasteiger partial charge on any atom is 0.319 e. The maximum absolute atomic E-state index is 9.42. The standard InChI is InChI=1S/C7H5N5OS/c1-14-6-10-5-4(2-8)3-9-12(5)7(13)11-6/h3H,1H3,(H,10,11,13). The molecule has 0 aliphatic rings. The Morgan fingerprint density at radius 3 is 3.00 bits per heavy atom. The van der Waals surface area contributed by atoms with Crippen LogP contribution in [0.4, 0.5) is 0 Å². The van der Waals surface area contributed by atoms with Crippen molar-refractivity contribution in [3.05, 3.63) is 11.8 Å². The van der Waals surface area contributed by atoms with Gasteiger partial charge in [-0.2, -0.15) is 19.9 Å². The molecule has 0 amide bonds. The third-order valence-electron chi connectivity index (χ3n) is 1.63. The number of thioether (sulfide) groups is 1. The Kier molecular flexibility index (Phi) is 1.98. The van der Waals surface area contributed by atoms with Gasteiger partial charge in [-0.15, -0.1) is 0 Å². The lowest BCUT2D eigenvalue weighted by atomic mass is 10.4. The van der Waals surface area contributed by atoms with Crippen molar-refractivity contribution in [3.8, 4) is 12.1 Å². The first-order valence-electron chi connectivity index (χ1n) is 3.65. The van der Waals surface area contributed by atoms with Crippen LogP contribution in [0.2, 0.25) is 0 Å². The van der Waals surface area contributed by atoms with Crippen molar-refractivity contribution >= 4 is 17.4 Å². The fraction of sp³-hybridized carbons (Fsp3) is 0.143. The second kappa shape index (κ2) is 3.16. The molecular formula is C7H5N5OS. The molecule has 0 fully saturated rings. The Morgan fingerprint density at radius 1 is 1.57 bits per heavy atom. The Balaban J connectivity index is 2.82. The zero-order valence-electron chi connectivity index (χ0n) is 7.17. The average molecular weight is 207 g/mol. The normalized spacial score (nSPS) is 10.3.